The molecule has 2 rings (SSSR count). The minimum atomic E-state index is -0.547. The molecule has 0 heterocycles. The van der Waals surface area contributed by atoms with Crippen LogP contribution in [0.1, 0.15) is 5.56 Å². The van der Waals surface area contributed by atoms with E-state index in [2.05, 4.69) is 15.8 Å². The van der Waals surface area contributed by atoms with Crippen molar-refractivity contribution in [1.82, 2.24) is 5.43 Å². The predicted octanol–water partition coefficient (Wildman–Crippen LogP) is 3.70. The highest BCUT2D eigenvalue weighted by Crippen LogP contribution is 2.19. The second kappa shape index (κ2) is 7.60. The van der Waals surface area contributed by atoms with E-state index in [0.717, 1.165) is 11.3 Å². The summed E-state index contributed by atoms with van der Waals surface area (Å²) in [6.45, 7) is 0. The van der Waals surface area contributed by atoms with E-state index in [1.54, 1.807) is 0 Å². The van der Waals surface area contributed by atoms with Gasteiger partial charge in [0.25, 0.3) is 0 Å². The first-order valence-electron chi connectivity index (χ1n) is 6.78. The maximum Gasteiger partial charge on any atom is 0.339 e. The van der Waals surface area contributed by atoms with Crippen molar-refractivity contribution in [2.24, 2.45) is 5.10 Å². The molecule has 0 saturated carbocycles. The number of carbonyl (C=O) groups is 1. The first kappa shape index (κ1) is 16.8. The second-order valence-electron chi connectivity index (χ2n) is 4.94. The van der Waals surface area contributed by atoms with Gasteiger partial charge in [-0.1, -0.05) is 23.7 Å². The van der Waals surface area contributed by atoms with Crippen molar-refractivity contribution in [2.45, 2.75) is 0 Å². The van der Waals surface area contributed by atoms with Gasteiger partial charge in [-0.05, 0) is 35.9 Å². The molecule has 0 saturated heterocycles. The average molecular weight is 335 g/mol. The molecule has 2 aromatic rings. The fourth-order valence-electron chi connectivity index (χ4n) is 1.76. The Bertz CT molecular complexity index is 717. The molecular weight excluding hydrogens is 319 g/mol. The monoisotopic (exact) mass is 334 g/mol. The zero-order chi connectivity index (χ0) is 16.8. The number of rotatable bonds is 4. The van der Waals surface area contributed by atoms with Crippen LogP contribution in [0, 0.1) is 5.82 Å². The number of urea groups is 1. The minimum absolute atomic E-state index is 0.0627. The van der Waals surface area contributed by atoms with Crippen molar-refractivity contribution < 1.29 is 9.18 Å². The Labute approximate surface area is 138 Å². The van der Waals surface area contributed by atoms with Gasteiger partial charge in [0.1, 0.15) is 5.82 Å². The SMILES string of the molecule is CN(C)c1ccc(/C=N/NC(=O)Nc2ccc(F)c(Cl)c2)cc1. The summed E-state index contributed by atoms with van der Waals surface area (Å²) in [6.07, 6.45) is 1.52. The summed E-state index contributed by atoms with van der Waals surface area (Å²) in [7, 11) is 3.91. The summed E-state index contributed by atoms with van der Waals surface area (Å²) in [5.74, 6) is -0.545. The number of halogens is 2. The summed E-state index contributed by atoms with van der Waals surface area (Å²) >= 11 is 5.64. The van der Waals surface area contributed by atoms with E-state index in [4.69, 9.17) is 11.6 Å². The van der Waals surface area contributed by atoms with Gasteiger partial charge in [0.15, 0.2) is 0 Å². The third kappa shape index (κ3) is 4.96. The zero-order valence-corrected chi connectivity index (χ0v) is 13.4. The van der Waals surface area contributed by atoms with E-state index >= 15 is 0 Å². The predicted molar refractivity (Wildman–Crippen MR) is 91.9 cm³/mol. The minimum Gasteiger partial charge on any atom is -0.378 e. The Kier molecular flexibility index (Phi) is 5.54. The number of carbonyl (C=O) groups excluding carboxylic acids is 1. The van der Waals surface area contributed by atoms with Gasteiger partial charge < -0.3 is 10.2 Å². The molecule has 0 unspecified atom stereocenters. The van der Waals surface area contributed by atoms with Gasteiger partial charge in [-0.25, -0.2) is 14.6 Å². The van der Waals surface area contributed by atoms with E-state index in [0.29, 0.717) is 5.69 Å². The summed E-state index contributed by atoms with van der Waals surface area (Å²) < 4.78 is 13.0. The van der Waals surface area contributed by atoms with E-state index in [1.807, 2.05) is 43.3 Å². The normalized spacial score (nSPS) is 10.6. The Balaban J connectivity index is 1.89. The van der Waals surface area contributed by atoms with Crippen LogP contribution in [-0.4, -0.2) is 26.3 Å². The van der Waals surface area contributed by atoms with Gasteiger partial charge in [0.05, 0.1) is 11.2 Å². The summed E-state index contributed by atoms with van der Waals surface area (Å²) in [4.78, 5) is 13.6. The third-order valence-corrected chi connectivity index (χ3v) is 3.26. The van der Waals surface area contributed by atoms with Crippen LogP contribution < -0.4 is 15.6 Å². The number of hydrazone groups is 1. The molecule has 0 spiro atoms. The maximum absolute atomic E-state index is 13.0. The van der Waals surface area contributed by atoms with Crippen LogP contribution in [0.3, 0.4) is 0 Å². The molecule has 0 aliphatic heterocycles. The van der Waals surface area contributed by atoms with Gasteiger partial charge >= 0.3 is 6.03 Å². The highest BCUT2D eigenvalue weighted by atomic mass is 35.5. The summed E-state index contributed by atoms with van der Waals surface area (Å²) in [5.41, 5.74) is 4.62. The Hall–Kier alpha value is -2.60. The summed E-state index contributed by atoms with van der Waals surface area (Å²) in [6, 6.07) is 11.0. The first-order valence-corrected chi connectivity index (χ1v) is 7.16. The smallest absolute Gasteiger partial charge is 0.339 e. The van der Waals surface area contributed by atoms with Crippen LogP contribution in [-0.2, 0) is 0 Å². The van der Waals surface area contributed by atoms with Crippen molar-refractivity contribution in [1.29, 1.82) is 0 Å². The second-order valence-corrected chi connectivity index (χ2v) is 5.35. The maximum atomic E-state index is 13.0. The molecule has 2 amide bonds. The highest BCUT2D eigenvalue weighted by molar-refractivity contribution is 6.31. The van der Waals surface area contributed by atoms with Gasteiger partial charge in [0.2, 0.25) is 0 Å². The van der Waals surface area contributed by atoms with E-state index < -0.39 is 11.8 Å². The average Bonchev–Trinajstić information content (AvgIpc) is 2.51. The molecule has 5 nitrogen and oxygen atoms in total. The fourth-order valence-corrected chi connectivity index (χ4v) is 1.94. The van der Waals surface area contributed by atoms with E-state index in [9.17, 15) is 9.18 Å². The Morgan fingerprint density at radius 1 is 1.22 bits per heavy atom. The molecule has 0 fully saturated rings. The number of anilines is 2. The van der Waals surface area contributed by atoms with Crippen LogP contribution in [0.5, 0.6) is 0 Å². The van der Waals surface area contributed by atoms with Crippen LogP contribution in [0.25, 0.3) is 0 Å². The molecule has 23 heavy (non-hydrogen) atoms. The molecule has 0 atom stereocenters. The highest BCUT2D eigenvalue weighted by Gasteiger charge is 2.04. The number of benzene rings is 2. The topological polar surface area (TPSA) is 56.7 Å². The zero-order valence-electron chi connectivity index (χ0n) is 12.7. The molecular formula is C16H16ClFN4O. The van der Waals surface area contributed by atoms with Gasteiger partial charge in [-0.2, -0.15) is 5.10 Å². The standard InChI is InChI=1S/C16H16ClFN4O/c1-22(2)13-6-3-11(4-7-13)10-19-21-16(23)20-12-5-8-15(18)14(17)9-12/h3-10H,1-2H3,(H2,20,21,23)/b19-10+. The number of amides is 2. The van der Waals surface area contributed by atoms with Crippen LogP contribution >= 0.6 is 11.6 Å². The lowest BCUT2D eigenvalue weighted by atomic mass is 10.2. The third-order valence-electron chi connectivity index (χ3n) is 2.97. The molecule has 2 aromatic carbocycles. The number of nitrogens with one attached hydrogen (secondary N) is 2. The van der Waals surface area contributed by atoms with Crippen molar-refractivity contribution >= 4 is 35.2 Å². The van der Waals surface area contributed by atoms with Gasteiger partial charge in [-0.15, -0.1) is 0 Å². The number of hydrogen-bond acceptors (Lipinski definition) is 3. The fraction of sp³-hybridized carbons (Fsp3) is 0.125. The quantitative estimate of drug-likeness (QED) is 0.661. The molecule has 0 aliphatic rings. The number of nitrogens with zero attached hydrogens (tertiary/aromatic N) is 2. The van der Waals surface area contributed by atoms with E-state index in [1.165, 1.54) is 24.4 Å². The molecule has 7 heteroatoms. The largest absolute Gasteiger partial charge is 0.378 e. The van der Waals surface area contributed by atoms with Crippen LogP contribution in [0.4, 0.5) is 20.6 Å². The lowest BCUT2D eigenvalue weighted by Crippen LogP contribution is -2.24. The first-order chi connectivity index (χ1) is 11.0. The van der Waals surface area contributed by atoms with Gasteiger partial charge in [-0.3, -0.25) is 0 Å². The van der Waals surface area contributed by atoms with Crippen molar-refractivity contribution in [3.8, 4) is 0 Å². The van der Waals surface area contributed by atoms with Crippen molar-refractivity contribution in [3.05, 3.63) is 58.9 Å². The lowest BCUT2D eigenvalue weighted by molar-refractivity contribution is 0.252. The lowest BCUT2D eigenvalue weighted by Gasteiger charge is -2.11. The molecule has 120 valence electrons. The molecule has 2 N–H and O–H groups in total. The van der Waals surface area contributed by atoms with Crippen molar-refractivity contribution in [3.63, 3.8) is 0 Å². The molecule has 0 radical (unpaired) electrons. The Morgan fingerprint density at radius 3 is 2.52 bits per heavy atom. The summed E-state index contributed by atoms with van der Waals surface area (Å²) in [5, 5.41) is 6.28. The molecule has 0 aliphatic carbocycles. The van der Waals surface area contributed by atoms with Gasteiger partial charge in [0, 0.05) is 25.5 Å². The molecule has 0 bridgehead atoms. The van der Waals surface area contributed by atoms with E-state index in [-0.39, 0.29) is 5.02 Å². The van der Waals surface area contributed by atoms with Crippen molar-refractivity contribution in [2.75, 3.05) is 24.3 Å². The number of hydrogen-bond donors (Lipinski definition) is 2. The van der Waals surface area contributed by atoms with Crippen LogP contribution in [0.2, 0.25) is 5.02 Å². The molecule has 0 aromatic heterocycles. The van der Waals surface area contributed by atoms with Crippen LogP contribution in [0.15, 0.2) is 47.6 Å². The Morgan fingerprint density at radius 2 is 1.91 bits per heavy atom.